The van der Waals surface area contributed by atoms with Crippen molar-refractivity contribution in [2.45, 2.75) is 12.5 Å². The fourth-order valence-corrected chi connectivity index (χ4v) is 1.70. The fraction of sp³-hybridized carbons (Fsp3) is 0.143. The number of rotatable bonds is 4. The standard InChI is InChI=1S/C14H13O2/c15-16-14(13-9-5-2-6-10-13)11-12-7-3-1-4-8-12/h1-10,14H,11H2. The predicted octanol–water partition coefficient (Wildman–Crippen LogP) is 3.33. The first-order valence-corrected chi connectivity index (χ1v) is 5.27. The van der Waals surface area contributed by atoms with E-state index >= 15 is 0 Å². The van der Waals surface area contributed by atoms with Crippen LogP contribution in [0.15, 0.2) is 60.7 Å². The minimum atomic E-state index is -0.413. The Bertz CT molecular complexity index is 411. The first-order valence-electron chi connectivity index (χ1n) is 5.27. The second-order valence-electron chi connectivity index (χ2n) is 3.69. The maximum atomic E-state index is 10.7. The lowest BCUT2D eigenvalue weighted by Crippen LogP contribution is -2.04. The molecule has 0 saturated carbocycles. The van der Waals surface area contributed by atoms with Crippen LogP contribution >= 0.6 is 0 Å². The monoisotopic (exact) mass is 213 g/mol. The van der Waals surface area contributed by atoms with Gasteiger partial charge in [-0.1, -0.05) is 60.7 Å². The maximum absolute atomic E-state index is 10.7. The Morgan fingerprint density at radius 1 is 0.875 bits per heavy atom. The number of hydrogen-bond acceptors (Lipinski definition) is 1. The van der Waals surface area contributed by atoms with Gasteiger partial charge in [-0.3, -0.25) is 0 Å². The van der Waals surface area contributed by atoms with E-state index in [4.69, 9.17) is 0 Å². The second-order valence-corrected chi connectivity index (χ2v) is 3.69. The molecule has 0 fully saturated rings. The van der Waals surface area contributed by atoms with Crippen LogP contribution in [-0.2, 0) is 16.6 Å². The molecule has 0 heterocycles. The van der Waals surface area contributed by atoms with E-state index in [0.29, 0.717) is 6.42 Å². The molecule has 0 aliphatic rings. The lowest BCUT2D eigenvalue weighted by atomic mass is 10.0. The van der Waals surface area contributed by atoms with E-state index in [0.717, 1.165) is 11.1 Å². The van der Waals surface area contributed by atoms with Crippen molar-refractivity contribution in [2.75, 3.05) is 0 Å². The normalized spacial score (nSPS) is 12.3. The van der Waals surface area contributed by atoms with Gasteiger partial charge in [-0.2, -0.15) is 4.89 Å². The van der Waals surface area contributed by atoms with Crippen molar-refractivity contribution in [1.29, 1.82) is 0 Å². The van der Waals surface area contributed by atoms with E-state index in [1.807, 2.05) is 60.7 Å². The minimum Gasteiger partial charge on any atom is -0.195 e. The SMILES string of the molecule is [O]OC(Cc1ccccc1)c1ccccc1. The second kappa shape index (κ2) is 5.45. The highest BCUT2D eigenvalue weighted by atomic mass is 17.1. The van der Waals surface area contributed by atoms with Crippen molar-refractivity contribution < 1.29 is 10.1 Å². The van der Waals surface area contributed by atoms with Gasteiger partial charge in [-0.25, -0.2) is 0 Å². The Hall–Kier alpha value is -1.64. The Kier molecular flexibility index (Phi) is 3.70. The van der Waals surface area contributed by atoms with Crippen LogP contribution in [0.2, 0.25) is 0 Å². The first-order chi connectivity index (χ1) is 7.90. The Labute approximate surface area is 95.1 Å². The van der Waals surface area contributed by atoms with E-state index in [2.05, 4.69) is 4.89 Å². The first kappa shape index (κ1) is 10.9. The van der Waals surface area contributed by atoms with Crippen LogP contribution in [-0.4, -0.2) is 0 Å². The van der Waals surface area contributed by atoms with Crippen molar-refractivity contribution in [1.82, 2.24) is 0 Å². The van der Waals surface area contributed by atoms with Gasteiger partial charge in [-0.05, 0) is 16.4 Å². The summed E-state index contributed by atoms with van der Waals surface area (Å²) in [6, 6.07) is 19.4. The number of benzene rings is 2. The molecule has 0 bridgehead atoms. The Morgan fingerprint density at radius 3 is 2.00 bits per heavy atom. The van der Waals surface area contributed by atoms with Crippen molar-refractivity contribution in [3.05, 3.63) is 71.8 Å². The van der Waals surface area contributed by atoms with Crippen LogP contribution < -0.4 is 0 Å². The third-order valence-electron chi connectivity index (χ3n) is 2.55. The van der Waals surface area contributed by atoms with Crippen molar-refractivity contribution in [3.63, 3.8) is 0 Å². The summed E-state index contributed by atoms with van der Waals surface area (Å²) < 4.78 is 0. The van der Waals surface area contributed by atoms with Gasteiger partial charge in [0.25, 0.3) is 0 Å². The van der Waals surface area contributed by atoms with Gasteiger partial charge < -0.3 is 0 Å². The van der Waals surface area contributed by atoms with Gasteiger partial charge >= 0.3 is 0 Å². The summed E-state index contributed by atoms with van der Waals surface area (Å²) >= 11 is 0. The predicted molar refractivity (Wildman–Crippen MR) is 61.1 cm³/mol. The third-order valence-corrected chi connectivity index (χ3v) is 2.55. The zero-order valence-corrected chi connectivity index (χ0v) is 8.87. The zero-order valence-electron chi connectivity index (χ0n) is 8.87. The molecular formula is C14H13O2. The van der Waals surface area contributed by atoms with Crippen LogP contribution in [0, 0.1) is 0 Å². The van der Waals surface area contributed by atoms with Gasteiger partial charge in [0.15, 0.2) is 0 Å². The maximum Gasteiger partial charge on any atom is 0.125 e. The van der Waals surface area contributed by atoms with Crippen molar-refractivity contribution in [2.24, 2.45) is 0 Å². The molecule has 0 amide bonds. The molecule has 1 unspecified atom stereocenters. The Morgan fingerprint density at radius 2 is 1.44 bits per heavy atom. The molecule has 0 aromatic heterocycles. The molecule has 0 aliphatic carbocycles. The number of hydrogen-bond donors (Lipinski definition) is 0. The molecule has 0 saturated heterocycles. The van der Waals surface area contributed by atoms with Crippen molar-refractivity contribution >= 4 is 0 Å². The van der Waals surface area contributed by atoms with Gasteiger partial charge in [0, 0.05) is 6.42 Å². The largest absolute Gasteiger partial charge is 0.195 e. The van der Waals surface area contributed by atoms with Crippen LogP contribution in [0.5, 0.6) is 0 Å². The molecule has 1 atom stereocenters. The van der Waals surface area contributed by atoms with Crippen LogP contribution in [0.25, 0.3) is 0 Å². The molecule has 2 heteroatoms. The molecule has 1 radical (unpaired) electrons. The van der Waals surface area contributed by atoms with Gasteiger partial charge in [-0.15, -0.1) is 0 Å². The average Bonchev–Trinajstić information content (AvgIpc) is 2.38. The summed E-state index contributed by atoms with van der Waals surface area (Å²) in [5, 5.41) is 10.7. The van der Waals surface area contributed by atoms with E-state index in [-0.39, 0.29) is 0 Å². The topological polar surface area (TPSA) is 29.1 Å². The molecule has 0 aliphatic heterocycles. The molecule has 2 rings (SSSR count). The molecule has 2 aromatic carbocycles. The van der Waals surface area contributed by atoms with Crippen LogP contribution in [0.3, 0.4) is 0 Å². The summed E-state index contributed by atoms with van der Waals surface area (Å²) in [4.78, 5) is 4.29. The van der Waals surface area contributed by atoms with E-state index in [1.54, 1.807) is 0 Å². The van der Waals surface area contributed by atoms with Crippen molar-refractivity contribution in [3.8, 4) is 0 Å². The molecule has 0 spiro atoms. The molecule has 16 heavy (non-hydrogen) atoms. The summed E-state index contributed by atoms with van der Waals surface area (Å²) in [5.41, 5.74) is 2.02. The van der Waals surface area contributed by atoms with Gasteiger partial charge in [0.1, 0.15) is 6.10 Å². The van der Waals surface area contributed by atoms with Gasteiger partial charge in [0.05, 0.1) is 0 Å². The lowest BCUT2D eigenvalue weighted by molar-refractivity contribution is -0.338. The van der Waals surface area contributed by atoms with Gasteiger partial charge in [0.2, 0.25) is 0 Å². The van der Waals surface area contributed by atoms with Crippen LogP contribution in [0.4, 0.5) is 0 Å². The smallest absolute Gasteiger partial charge is 0.125 e. The highest BCUT2D eigenvalue weighted by molar-refractivity contribution is 5.22. The third kappa shape index (κ3) is 2.69. The summed E-state index contributed by atoms with van der Waals surface area (Å²) in [6.45, 7) is 0. The van der Waals surface area contributed by atoms with E-state index < -0.39 is 6.10 Å². The lowest BCUT2D eigenvalue weighted by Gasteiger charge is -2.12. The molecular weight excluding hydrogens is 200 g/mol. The fourth-order valence-electron chi connectivity index (χ4n) is 1.70. The molecule has 2 aromatic rings. The highest BCUT2D eigenvalue weighted by Gasteiger charge is 2.12. The summed E-state index contributed by atoms with van der Waals surface area (Å²) in [5.74, 6) is 0. The summed E-state index contributed by atoms with van der Waals surface area (Å²) in [6.07, 6.45) is 0.192. The van der Waals surface area contributed by atoms with E-state index in [1.165, 1.54) is 0 Å². The summed E-state index contributed by atoms with van der Waals surface area (Å²) in [7, 11) is 0. The van der Waals surface area contributed by atoms with Crippen LogP contribution in [0.1, 0.15) is 17.2 Å². The molecule has 2 nitrogen and oxygen atoms in total. The average molecular weight is 213 g/mol. The Balaban J connectivity index is 2.13. The zero-order chi connectivity index (χ0) is 11.2. The van der Waals surface area contributed by atoms with E-state index in [9.17, 15) is 5.26 Å². The quantitative estimate of drug-likeness (QED) is 0.565. The molecule has 81 valence electrons. The molecule has 0 N–H and O–H groups in total. The highest BCUT2D eigenvalue weighted by Crippen LogP contribution is 2.21. The minimum absolute atomic E-state index is 0.413.